The largest absolute Gasteiger partial charge is 0.372 e. The number of hydrogen-bond acceptors (Lipinski definition) is 4. The second kappa shape index (κ2) is 8.48. The van der Waals surface area contributed by atoms with Gasteiger partial charge in [0.15, 0.2) is 5.13 Å². The fourth-order valence-corrected chi connectivity index (χ4v) is 3.02. The van der Waals surface area contributed by atoms with E-state index in [1.165, 1.54) is 11.3 Å². The van der Waals surface area contributed by atoms with E-state index in [0.29, 0.717) is 28.2 Å². The number of nitrogens with zero attached hydrogens (tertiary/aromatic N) is 1. The number of amides is 1. The number of hydrogen-bond donors (Lipinski definition) is 1. The lowest BCUT2D eigenvalue weighted by molar-refractivity contribution is -0.120. The molecule has 0 fully saturated rings. The number of thiazole rings is 1. The van der Waals surface area contributed by atoms with E-state index >= 15 is 0 Å². The van der Waals surface area contributed by atoms with Gasteiger partial charge in [-0.1, -0.05) is 42.3 Å². The summed E-state index contributed by atoms with van der Waals surface area (Å²) in [5.41, 5.74) is 0.932. The van der Waals surface area contributed by atoms with E-state index in [1.54, 1.807) is 12.3 Å². The average molecular weight is 359 g/mol. The Morgan fingerprint density at radius 1 is 1.41 bits per heavy atom. The second-order valence-corrected chi connectivity index (χ2v) is 6.52. The number of rotatable bonds is 7. The molecule has 7 heteroatoms. The van der Waals surface area contributed by atoms with Gasteiger partial charge in [-0.15, -0.1) is 11.3 Å². The summed E-state index contributed by atoms with van der Waals surface area (Å²) in [4.78, 5) is 16.8. The molecule has 1 N–H and O–H groups in total. The summed E-state index contributed by atoms with van der Waals surface area (Å²) in [5, 5.41) is 4.36. The summed E-state index contributed by atoms with van der Waals surface area (Å²) >= 11 is 13.6. The highest BCUT2D eigenvalue weighted by Gasteiger charge is 2.10. The van der Waals surface area contributed by atoms with Crippen LogP contribution < -0.4 is 5.32 Å². The fourth-order valence-electron chi connectivity index (χ4n) is 1.78. The molecule has 0 aliphatic rings. The number of aromatic nitrogens is 1. The van der Waals surface area contributed by atoms with Crippen molar-refractivity contribution >= 4 is 45.6 Å². The third-order valence-electron chi connectivity index (χ3n) is 2.78. The first-order valence-electron chi connectivity index (χ1n) is 6.85. The molecule has 118 valence electrons. The Labute approximate surface area is 143 Å². The van der Waals surface area contributed by atoms with Gasteiger partial charge in [-0.2, -0.15) is 0 Å². The standard InChI is InChI=1S/C15H16Cl2N2O2S/c1-2-6-21-9-13(20)19-15-18-8-11(22-15)7-10-4-3-5-12(16)14(10)17/h3-5,8H,2,6-7,9H2,1H3,(H,18,19,20). The van der Waals surface area contributed by atoms with Gasteiger partial charge in [0.25, 0.3) is 5.91 Å². The van der Waals surface area contributed by atoms with Gasteiger partial charge in [-0.3, -0.25) is 10.1 Å². The zero-order chi connectivity index (χ0) is 15.9. The van der Waals surface area contributed by atoms with Crippen LogP contribution >= 0.6 is 34.5 Å². The van der Waals surface area contributed by atoms with Gasteiger partial charge in [0.1, 0.15) is 6.61 Å². The zero-order valence-electron chi connectivity index (χ0n) is 12.1. The highest BCUT2D eigenvalue weighted by atomic mass is 35.5. The molecule has 0 aliphatic carbocycles. The first-order valence-corrected chi connectivity index (χ1v) is 8.42. The monoisotopic (exact) mass is 358 g/mol. The van der Waals surface area contributed by atoms with Crippen LogP contribution in [-0.4, -0.2) is 24.1 Å². The predicted molar refractivity (Wildman–Crippen MR) is 91.1 cm³/mol. The quantitative estimate of drug-likeness (QED) is 0.746. The molecular formula is C15H16Cl2N2O2S. The first kappa shape index (κ1) is 17.2. The number of carbonyl (C=O) groups is 1. The number of nitrogens with one attached hydrogen (secondary N) is 1. The molecule has 1 heterocycles. The maximum atomic E-state index is 11.6. The van der Waals surface area contributed by atoms with Gasteiger partial charge >= 0.3 is 0 Å². The number of ether oxygens (including phenoxy) is 1. The van der Waals surface area contributed by atoms with Crippen molar-refractivity contribution in [3.05, 3.63) is 44.9 Å². The van der Waals surface area contributed by atoms with E-state index in [-0.39, 0.29) is 12.5 Å². The Morgan fingerprint density at radius 2 is 2.23 bits per heavy atom. The third-order valence-corrected chi connectivity index (χ3v) is 4.55. The van der Waals surface area contributed by atoms with Crippen LogP contribution in [0.2, 0.25) is 10.0 Å². The molecule has 2 aromatic rings. The topological polar surface area (TPSA) is 51.2 Å². The molecule has 1 aromatic heterocycles. The van der Waals surface area contributed by atoms with Crippen molar-refractivity contribution in [2.45, 2.75) is 19.8 Å². The minimum atomic E-state index is -0.199. The van der Waals surface area contributed by atoms with E-state index in [0.717, 1.165) is 16.9 Å². The second-order valence-electron chi connectivity index (χ2n) is 4.62. The van der Waals surface area contributed by atoms with Crippen molar-refractivity contribution in [3.8, 4) is 0 Å². The summed E-state index contributed by atoms with van der Waals surface area (Å²) in [6, 6.07) is 5.53. The third kappa shape index (κ3) is 4.95. The lowest BCUT2D eigenvalue weighted by Gasteiger charge is -2.03. The van der Waals surface area contributed by atoms with Crippen LogP contribution in [-0.2, 0) is 16.0 Å². The van der Waals surface area contributed by atoms with Gasteiger partial charge < -0.3 is 4.74 Å². The highest BCUT2D eigenvalue weighted by molar-refractivity contribution is 7.15. The fraction of sp³-hybridized carbons (Fsp3) is 0.333. The summed E-state index contributed by atoms with van der Waals surface area (Å²) in [6.07, 6.45) is 3.23. The molecule has 1 amide bonds. The molecule has 0 unspecified atom stereocenters. The number of benzene rings is 1. The smallest absolute Gasteiger partial charge is 0.252 e. The molecule has 0 aliphatic heterocycles. The number of halogens is 2. The van der Waals surface area contributed by atoms with Gasteiger partial charge in [-0.05, 0) is 18.1 Å². The van der Waals surface area contributed by atoms with Crippen molar-refractivity contribution in [3.63, 3.8) is 0 Å². The molecule has 1 aromatic carbocycles. The Hall–Kier alpha value is -1.14. The summed E-state index contributed by atoms with van der Waals surface area (Å²) in [6.45, 7) is 2.61. The van der Waals surface area contributed by atoms with Crippen LogP contribution in [0.15, 0.2) is 24.4 Å². The molecule has 0 spiro atoms. The molecular weight excluding hydrogens is 343 g/mol. The highest BCUT2D eigenvalue weighted by Crippen LogP contribution is 2.29. The van der Waals surface area contributed by atoms with E-state index in [1.807, 2.05) is 19.1 Å². The van der Waals surface area contributed by atoms with E-state index in [2.05, 4.69) is 10.3 Å². The SMILES string of the molecule is CCCOCC(=O)Nc1ncc(Cc2cccc(Cl)c2Cl)s1. The van der Waals surface area contributed by atoms with E-state index in [9.17, 15) is 4.79 Å². The van der Waals surface area contributed by atoms with Crippen LogP contribution in [0, 0.1) is 0 Å². The Kier molecular flexibility index (Phi) is 6.64. The van der Waals surface area contributed by atoms with Crippen LogP contribution in [0.5, 0.6) is 0 Å². The summed E-state index contributed by atoms with van der Waals surface area (Å²) < 4.78 is 5.18. The van der Waals surface area contributed by atoms with Crippen molar-refractivity contribution in [1.82, 2.24) is 4.98 Å². The molecule has 2 rings (SSSR count). The lowest BCUT2D eigenvalue weighted by Crippen LogP contribution is -2.18. The average Bonchev–Trinajstić information content (AvgIpc) is 2.91. The first-order chi connectivity index (χ1) is 10.6. The van der Waals surface area contributed by atoms with E-state index < -0.39 is 0 Å². The predicted octanol–water partition coefficient (Wildman–Crippen LogP) is 4.41. The molecule has 22 heavy (non-hydrogen) atoms. The maximum Gasteiger partial charge on any atom is 0.252 e. The molecule has 4 nitrogen and oxygen atoms in total. The van der Waals surface area contributed by atoms with Crippen LogP contribution in [0.1, 0.15) is 23.8 Å². The van der Waals surface area contributed by atoms with Crippen LogP contribution in [0.25, 0.3) is 0 Å². The normalized spacial score (nSPS) is 10.7. The Bertz CT molecular complexity index is 646. The summed E-state index contributed by atoms with van der Waals surface area (Å²) in [7, 11) is 0. The lowest BCUT2D eigenvalue weighted by atomic mass is 10.1. The van der Waals surface area contributed by atoms with Gasteiger partial charge in [0, 0.05) is 24.1 Å². The Morgan fingerprint density at radius 3 is 3.00 bits per heavy atom. The molecule has 0 saturated carbocycles. The minimum Gasteiger partial charge on any atom is -0.372 e. The van der Waals surface area contributed by atoms with Crippen LogP contribution in [0.4, 0.5) is 5.13 Å². The van der Waals surface area contributed by atoms with Gasteiger partial charge in [0.05, 0.1) is 10.0 Å². The maximum absolute atomic E-state index is 11.6. The minimum absolute atomic E-state index is 0.0445. The number of carbonyl (C=O) groups excluding carboxylic acids is 1. The van der Waals surface area contributed by atoms with Gasteiger partial charge in [0.2, 0.25) is 0 Å². The molecule has 0 atom stereocenters. The summed E-state index contributed by atoms with van der Waals surface area (Å²) in [5.74, 6) is -0.199. The van der Waals surface area contributed by atoms with Gasteiger partial charge in [-0.25, -0.2) is 4.98 Å². The molecule has 0 radical (unpaired) electrons. The number of anilines is 1. The molecule has 0 bridgehead atoms. The van der Waals surface area contributed by atoms with Crippen molar-refractivity contribution < 1.29 is 9.53 Å². The van der Waals surface area contributed by atoms with Crippen molar-refractivity contribution in [2.75, 3.05) is 18.5 Å². The van der Waals surface area contributed by atoms with Crippen molar-refractivity contribution in [1.29, 1.82) is 0 Å². The zero-order valence-corrected chi connectivity index (χ0v) is 14.4. The van der Waals surface area contributed by atoms with E-state index in [4.69, 9.17) is 27.9 Å². The Balaban J connectivity index is 1.94. The van der Waals surface area contributed by atoms with Crippen LogP contribution in [0.3, 0.4) is 0 Å². The molecule has 0 saturated heterocycles. The van der Waals surface area contributed by atoms with Crippen molar-refractivity contribution in [2.24, 2.45) is 0 Å².